The predicted octanol–water partition coefficient (Wildman–Crippen LogP) is 2.05. The lowest BCUT2D eigenvalue weighted by Gasteiger charge is -2.23. The van der Waals surface area contributed by atoms with E-state index in [0.717, 1.165) is 22.1 Å². The Hall–Kier alpha value is -4.18. The Bertz CT molecular complexity index is 1390. The molecule has 31 heavy (non-hydrogen) atoms. The number of anilines is 1. The molecule has 0 aliphatic rings. The van der Waals surface area contributed by atoms with Crippen molar-refractivity contribution >= 4 is 17.0 Å². The van der Waals surface area contributed by atoms with Gasteiger partial charge in [-0.1, -0.05) is 0 Å². The lowest BCUT2D eigenvalue weighted by atomic mass is 9.93. The number of hydrogen-bond donors (Lipinski definition) is 3. The van der Waals surface area contributed by atoms with Gasteiger partial charge in [-0.05, 0) is 25.1 Å². The van der Waals surface area contributed by atoms with Gasteiger partial charge in [0.05, 0.1) is 23.8 Å². The van der Waals surface area contributed by atoms with Crippen LogP contribution in [0.2, 0.25) is 0 Å². The van der Waals surface area contributed by atoms with Gasteiger partial charge in [-0.2, -0.15) is 15.3 Å². The van der Waals surface area contributed by atoms with Crippen molar-refractivity contribution in [2.75, 3.05) is 5.73 Å². The van der Waals surface area contributed by atoms with E-state index in [1.807, 2.05) is 25.5 Å². The van der Waals surface area contributed by atoms with Crippen LogP contribution in [-0.4, -0.2) is 45.0 Å². The molecule has 0 radical (unpaired) electrons. The van der Waals surface area contributed by atoms with Crippen molar-refractivity contribution in [2.45, 2.75) is 12.5 Å². The maximum absolute atomic E-state index is 11.2. The number of nitrogens with two attached hydrogens (primary N) is 1. The summed E-state index contributed by atoms with van der Waals surface area (Å²) in [5.41, 5.74) is 9.46. The molecule has 0 saturated carbocycles. The first-order chi connectivity index (χ1) is 14.9. The average Bonchev–Trinajstić information content (AvgIpc) is 3.39. The minimum atomic E-state index is -1.42. The topological polar surface area (TPSA) is 144 Å². The summed E-state index contributed by atoms with van der Waals surface area (Å²) in [5, 5.41) is 23.9. The van der Waals surface area contributed by atoms with E-state index in [1.54, 1.807) is 36.1 Å². The summed E-state index contributed by atoms with van der Waals surface area (Å²) in [6, 6.07) is 5.42. The fourth-order valence-electron chi connectivity index (χ4n) is 3.52. The molecule has 10 heteroatoms. The molecule has 0 aromatic carbocycles. The van der Waals surface area contributed by atoms with Crippen molar-refractivity contribution in [3.8, 4) is 22.4 Å². The molecule has 0 spiro atoms. The van der Waals surface area contributed by atoms with Crippen LogP contribution in [0.1, 0.15) is 18.2 Å². The van der Waals surface area contributed by atoms with E-state index in [4.69, 9.17) is 5.73 Å². The predicted molar refractivity (Wildman–Crippen MR) is 114 cm³/mol. The molecule has 10 nitrogen and oxygen atoms in total. The number of aromatic amines is 1. The smallest absolute Gasteiger partial charge is 0.220 e. The highest BCUT2D eigenvalue weighted by atomic mass is 16.3. The van der Waals surface area contributed by atoms with Crippen LogP contribution >= 0.6 is 0 Å². The number of hydrogen-bond acceptors (Lipinski definition) is 8. The van der Waals surface area contributed by atoms with E-state index in [1.165, 1.54) is 12.4 Å². The third-order valence-electron chi connectivity index (χ3n) is 5.23. The number of H-pyrrole nitrogens is 1. The molecule has 0 saturated heterocycles. The quantitative estimate of drug-likeness (QED) is 0.406. The maximum atomic E-state index is 11.2. The summed E-state index contributed by atoms with van der Waals surface area (Å²) >= 11 is 0. The molecule has 0 aliphatic carbocycles. The lowest BCUT2D eigenvalue weighted by molar-refractivity contribution is 0.0969. The minimum Gasteiger partial charge on any atom is -0.379 e. The Morgan fingerprint density at radius 3 is 2.71 bits per heavy atom. The Balaban J connectivity index is 1.64. The number of aromatic nitrogens is 8. The van der Waals surface area contributed by atoms with Gasteiger partial charge in [-0.3, -0.25) is 4.68 Å². The zero-order valence-electron chi connectivity index (χ0n) is 16.9. The highest BCUT2D eigenvalue weighted by Gasteiger charge is 2.29. The van der Waals surface area contributed by atoms with Crippen LogP contribution in [0.3, 0.4) is 0 Å². The molecule has 0 fully saturated rings. The van der Waals surface area contributed by atoms with Gasteiger partial charge in [-0.15, -0.1) is 0 Å². The normalized spacial score (nSPS) is 13.4. The van der Waals surface area contributed by atoms with Crippen LogP contribution in [0, 0.1) is 0 Å². The Labute approximate surface area is 176 Å². The number of nitrogen functional groups attached to an aromatic ring is 1. The summed E-state index contributed by atoms with van der Waals surface area (Å²) in [6.07, 6.45) is 10.3. The van der Waals surface area contributed by atoms with Gasteiger partial charge in [0.1, 0.15) is 11.2 Å². The molecule has 1 atom stereocenters. The lowest BCUT2D eigenvalue weighted by Crippen LogP contribution is -2.25. The van der Waals surface area contributed by atoms with E-state index in [-0.39, 0.29) is 5.95 Å². The van der Waals surface area contributed by atoms with Crippen LogP contribution in [-0.2, 0) is 12.6 Å². The second kappa shape index (κ2) is 6.96. The highest BCUT2D eigenvalue weighted by Crippen LogP contribution is 2.33. The third-order valence-corrected chi connectivity index (χ3v) is 5.23. The van der Waals surface area contributed by atoms with E-state index < -0.39 is 5.60 Å². The summed E-state index contributed by atoms with van der Waals surface area (Å²) in [4.78, 5) is 16.4. The fraction of sp³-hybridized carbons (Fsp3) is 0.143. The summed E-state index contributed by atoms with van der Waals surface area (Å²) in [6.45, 7) is 1.63. The van der Waals surface area contributed by atoms with Gasteiger partial charge in [-0.25, -0.2) is 15.0 Å². The number of nitrogens with one attached hydrogen (secondary N) is 1. The van der Waals surface area contributed by atoms with Crippen molar-refractivity contribution in [2.24, 2.45) is 7.05 Å². The number of nitrogens with zero attached hydrogens (tertiary/aromatic N) is 7. The van der Waals surface area contributed by atoms with Crippen molar-refractivity contribution in [3.63, 3.8) is 0 Å². The van der Waals surface area contributed by atoms with Crippen LogP contribution in [0.5, 0.6) is 0 Å². The van der Waals surface area contributed by atoms with Crippen LogP contribution < -0.4 is 5.73 Å². The Morgan fingerprint density at radius 2 is 1.97 bits per heavy atom. The number of rotatable bonds is 4. The molecule has 5 heterocycles. The first-order valence-corrected chi connectivity index (χ1v) is 9.53. The molecule has 0 aliphatic heterocycles. The van der Waals surface area contributed by atoms with Crippen molar-refractivity contribution in [1.82, 2.24) is 39.9 Å². The number of aliphatic hydroxyl groups is 1. The van der Waals surface area contributed by atoms with Crippen molar-refractivity contribution in [3.05, 3.63) is 66.6 Å². The molecule has 5 aromatic rings. The van der Waals surface area contributed by atoms with Crippen LogP contribution in [0.15, 0.2) is 55.4 Å². The van der Waals surface area contributed by atoms with Crippen molar-refractivity contribution < 1.29 is 5.11 Å². The minimum absolute atomic E-state index is 0.0560. The van der Waals surface area contributed by atoms with Gasteiger partial charge in [0.25, 0.3) is 0 Å². The van der Waals surface area contributed by atoms with Gasteiger partial charge in [0.2, 0.25) is 5.95 Å². The maximum Gasteiger partial charge on any atom is 0.220 e. The van der Waals surface area contributed by atoms with Crippen LogP contribution in [0.4, 0.5) is 5.95 Å². The van der Waals surface area contributed by atoms with Gasteiger partial charge < -0.3 is 15.8 Å². The first kappa shape index (κ1) is 18.8. The Morgan fingerprint density at radius 1 is 1.10 bits per heavy atom. The third kappa shape index (κ3) is 3.28. The number of fused-ring (bicyclic) bond motifs is 1. The van der Waals surface area contributed by atoms with Gasteiger partial charge in [0.15, 0.2) is 0 Å². The molecule has 4 N–H and O–H groups in total. The zero-order chi connectivity index (χ0) is 21.6. The molecule has 0 bridgehead atoms. The Kier molecular flexibility index (Phi) is 4.22. The summed E-state index contributed by atoms with van der Waals surface area (Å²) in [5.74, 6) is 0.0560. The second-order valence-corrected chi connectivity index (χ2v) is 7.43. The largest absolute Gasteiger partial charge is 0.379 e. The van der Waals surface area contributed by atoms with E-state index in [2.05, 4.69) is 35.2 Å². The average molecular weight is 413 g/mol. The number of pyridine rings is 1. The fourth-order valence-corrected chi connectivity index (χ4v) is 3.52. The summed E-state index contributed by atoms with van der Waals surface area (Å²) in [7, 11) is 1.87. The molecule has 0 amide bonds. The highest BCUT2D eigenvalue weighted by molar-refractivity contribution is 5.95. The molecule has 5 aromatic heterocycles. The second-order valence-electron chi connectivity index (χ2n) is 7.43. The SMILES string of the molecule is Cn1cc(-c2cnc3[nH]cc(-c4cc(C(C)(O)c5ccnnc5)nc(N)n4)c3c2)cn1. The molecule has 1 unspecified atom stereocenters. The molecule has 154 valence electrons. The van der Waals surface area contributed by atoms with Crippen LogP contribution in [0.25, 0.3) is 33.4 Å². The van der Waals surface area contributed by atoms with Gasteiger partial charge >= 0.3 is 0 Å². The molecule has 5 rings (SSSR count). The van der Waals surface area contributed by atoms with E-state index in [0.29, 0.717) is 22.6 Å². The first-order valence-electron chi connectivity index (χ1n) is 9.53. The number of aryl methyl sites for hydroxylation is 1. The van der Waals surface area contributed by atoms with E-state index >= 15 is 0 Å². The molecular weight excluding hydrogens is 394 g/mol. The van der Waals surface area contributed by atoms with E-state index in [9.17, 15) is 5.11 Å². The standard InChI is InChI=1S/C21H19N9O/c1-21(31,14-3-4-25-26-9-14)18-6-17(28-20(22)29-18)16-10-24-19-15(16)5-12(7-23-19)13-8-27-30(2)11-13/h3-11,31H,1-2H3,(H,23,24)(H2,22,28,29). The zero-order valence-corrected chi connectivity index (χ0v) is 16.9. The van der Waals surface area contributed by atoms with Gasteiger partial charge in [0, 0.05) is 59.5 Å². The molecular formula is C21H19N9O. The summed E-state index contributed by atoms with van der Waals surface area (Å²) < 4.78 is 1.74. The monoisotopic (exact) mass is 413 g/mol. The van der Waals surface area contributed by atoms with Crippen molar-refractivity contribution in [1.29, 1.82) is 0 Å².